The Morgan fingerprint density at radius 1 is 1.32 bits per heavy atom. The van der Waals surface area contributed by atoms with Crippen molar-refractivity contribution in [2.75, 3.05) is 44.2 Å². The first-order valence-corrected chi connectivity index (χ1v) is 7.88. The molecule has 2 aliphatic heterocycles. The molecule has 1 atom stereocenters. The number of hydrogen-bond donors (Lipinski definition) is 1. The largest absolute Gasteiger partial charge is 0.353 e. The highest BCUT2D eigenvalue weighted by atomic mass is 16.2. The van der Waals surface area contributed by atoms with E-state index in [9.17, 15) is 4.79 Å². The molecule has 0 aliphatic carbocycles. The van der Waals surface area contributed by atoms with Crippen molar-refractivity contribution in [3.63, 3.8) is 0 Å². The van der Waals surface area contributed by atoms with Crippen molar-refractivity contribution in [1.29, 1.82) is 5.26 Å². The van der Waals surface area contributed by atoms with E-state index in [1.54, 1.807) is 12.3 Å². The number of carbonyl (C=O) groups is 1. The molecule has 2 aliphatic rings. The average molecular weight is 299 g/mol. The Labute approximate surface area is 130 Å². The molecule has 6 nitrogen and oxygen atoms in total. The minimum Gasteiger partial charge on any atom is -0.353 e. The summed E-state index contributed by atoms with van der Waals surface area (Å²) in [6.45, 7) is 4.93. The molecular formula is C16H21N5O. The first kappa shape index (κ1) is 14.8. The quantitative estimate of drug-likeness (QED) is 0.866. The lowest BCUT2D eigenvalue weighted by atomic mass is 9.98. The number of carbonyl (C=O) groups excluding carboxylic acids is 1. The van der Waals surface area contributed by atoms with Crippen LogP contribution in [0.15, 0.2) is 18.3 Å². The number of nitrogens with one attached hydrogen (secondary N) is 1. The van der Waals surface area contributed by atoms with Crippen molar-refractivity contribution in [1.82, 2.24) is 15.2 Å². The van der Waals surface area contributed by atoms with E-state index in [0.29, 0.717) is 11.5 Å². The van der Waals surface area contributed by atoms with Gasteiger partial charge in [-0.1, -0.05) is 0 Å². The number of piperazine rings is 1. The lowest BCUT2D eigenvalue weighted by Gasteiger charge is -2.37. The molecule has 1 aromatic rings. The minimum absolute atomic E-state index is 0.147. The summed E-state index contributed by atoms with van der Waals surface area (Å²) in [6.07, 6.45) is 3.69. The standard InChI is InChI=1S/C16H21N5O/c17-10-13-3-4-15(19-11-13)20-6-8-21(9-7-20)16(22)14-2-1-5-18-12-14/h3-4,11,14,18H,1-2,5-9,12H2. The fourth-order valence-corrected chi connectivity index (χ4v) is 3.12. The number of pyridine rings is 1. The van der Waals surface area contributed by atoms with E-state index in [4.69, 9.17) is 5.26 Å². The van der Waals surface area contributed by atoms with Gasteiger partial charge in [0.15, 0.2) is 0 Å². The van der Waals surface area contributed by atoms with Crippen LogP contribution in [0.1, 0.15) is 18.4 Å². The molecule has 1 N–H and O–H groups in total. The zero-order valence-electron chi connectivity index (χ0n) is 12.7. The fraction of sp³-hybridized carbons (Fsp3) is 0.562. The molecule has 1 amide bonds. The SMILES string of the molecule is N#Cc1ccc(N2CCN(C(=O)C3CCCNC3)CC2)nc1. The number of aromatic nitrogens is 1. The topological polar surface area (TPSA) is 72.3 Å². The molecule has 0 saturated carbocycles. The Morgan fingerprint density at radius 3 is 2.73 bits per heavy atom. The number of nitriles is 1. The van der Waals surface area contributed by atoms with Gasteiger partial charge in [0.1, 0.15) is 11.9 Å². The lowest BCUT2D eigenvalue weighted by molar-refractivity contribution is -0.136. The number of nitrogens with zero attached hydrogens (tertiary/aromatic N) is 4. The summed E-state index contributed by atoms with van der Waals surface area (Å²) < 4.78 is 0. The van der Waals surface area contributed by atoms with Crippen molar-refractivity contribution in [3.05, 3.63) is 23.9 Å². The molecule has 22 heavy (non-hydrogen) atoms. The van der Waals surface area contributed by atoms with Crippen LogP contribution >= 0.6 is 0 Å². The van der Waals surface area contributed by atoms with E-state index in [-0.39, 0.29) is 5.92 Å². The van der Waals surface area contributed by atoms with Crippen LogP contribution in [-0.4, -0.2) is 55.1 Å². The van der Waals surface area contributed by atoms with Gasteiger partial charge < -0.3 is 15.1 Å². The predicted molar refractivity (Wildman–Crippen MR) is 83.3 cm³/mol. The highest BCUT2D eigenvalue weighted by Gasteiger charge is 2.28. The third-order valence-corrected chi connectivity index (χ3v) is 4.44. The monoisotopic (exact) mass is 299 g/mol. The van der Waals surface area contributed by atoms with Crippen molar-refractivity contribution in [2.45, 2.75) is 12.8 Å². The van der Waals surface area contributed by atoms with Crippen LogP contribution in [0.25, 0.3) is 0 Å². The second-order valence-corrected chi connectivity index (χ2v) is 5.87. The number of amides is 1. The summed E-state index contributed by atoms with van der Waals surface area (Å²) in [5, 5.41) is 12.1. The van der Waals surface area contributed by atoms with Crippen LogP contribution in [0, 0.1) is 17.2 Å². The van der Waals surface area contributed by atoms with Crippen LogP contribution in [0.5, 0.6) is 0 Å². The first-order chi connectivity index (χ1) is 10.8. The smallest absolute Gasteiger partial charge is 0.227 e. The molecule has 1 unspecified atom stereocenters. The molecule has 3 heterocycles. The van der Waals surface area contributed by atoms with Crippen molar-refractivity contribution >= 4 is 11.7 Å². The van der Waals surface area contributed by atoms with Crippen LogP contribution in [0.3, 0.4) is 0 Å². The average Bonchev–Trinajstić information content (AvgIpc) is 2.62. The summed E-state index contributed by atoms with van der Waals surface area (Å²) in [5.74, 6) is 1.32. The maximum Gasteiger partial charge on any atom is 0.227 e. The van der Waals surface area contributed by atoms with Gasteiger partial charge in [0.25, 0.3) is 0 Å². The molecule has 116 valence electrons. The van der Waals surface area contributed by atoms with Gasteiger partial charge in [0, 0.05) is 38.9 Å². The van der Waals surface area contributed by atoms with Crippen LogP contribution in [-0.2, 0) is 4.79 Å². The number of rotatable bonds is 2. The molecule has 0 radical (unpaired) electrons. The molecule has 2 saturated heterocycles. The van der Waals surface area contributed by atoms with E-state index in [1.807, 2.05) is 11.0 Å². The van der Waals surface area contributed by atoms with Gasteiger partial charge in [-0.3, -0.25) is 4.79 Å². The second-order valence-electron chi connectivity index (χ2n) is 5.87. The summed E-state index contributed by atoms with van der Waals surface area (Å²) in [7, 11) is 0. The second kappa shape index (κ2) is 6.75. The van der Waals surface area contributed by atoms with E-state index in [2.05, 4.69) is 21.3 Å². The molecular weight excluding hydrogens is 278 g/mol. The summed E-state index contributed by atoms with van der Waals surface area (Å²) in [5.41, 5.74) is 0.572. The van der Waals surface area contributed by atoms with Crippen LogP contribution < -0.4 is 10.2 Å². The minimum atomic E-state index is 0.147. The maximum atomic E-state index is 12.5. The van der Waals surface area contributed by atoms with Gasteiger partial charge in [0.05, 0.1) is 11.5 Å². The Morgan fingerprint density at radius 2 is 2.14 bits per heavy atom. The zero-order valence-corrected chi connectivity index (χ0v) is 12.7. The van der Waals surface area contributed by atoms with E-state index in [0.717, 1.165) is 57.9 Å². The molecule has 1 aromatic heterocycles. The van der Waals surface area contributed by atoms with Crippen LogP contribution in [0.4, 0.5) is 5.82 Å². The van der Waals surface area contributed by atoms with Gasteiger partial charge in [-0.2, -0.15) is 5.26 Å². The number of anilines is 1. The highest BCUT2D eigenvalue weighted by Crippen LogP contribution is 2.17. The fourth-order valence-electron chi connectivity index (χ4n) is 3.12. The summed E-state index contributed by atoms with van der Waals surface area (Å²) in [6, 6.07) is 5.74. The van der Waals surface area contributed by atoms with E-state index >= 15 is 0 Å². The summed E-state index contributed by atoms with van der Waals surface area (Å²) >= 11 is 0. The number of hydrogen-bond acceptors (Lipinski definition) is 5. The van der Waals surface area contributed by atoms with Crippen molar-refractivity contribution in [2.24, 2.45) is 5.92 Å². The highest BCUT2D eigenvalue weighted by molar-refractivity contribution is 5.79. The Kier molecular flexibility index (Phi) is 4.54. The van der Waals surface area contributed by atoms with E-state index in [1.165, 1.54) is 0 Å². The van der Waals surface area contributed by atoms with Crippen molar-refractivity contribution < 1.29 is 4.79 Å². The molecule has 0 spiro atoms. The van der Waals surface area contributed by atoms with Gasteiger partial charge in [0.2, 0.25) is 5.91 Å². The van der Waals surface area contributed by atoms with Gasteiger partial charge in [-0.25, -0.2) is 4.98 Å². The van der Waals surface area contributed by atoms with Gasteiger partial charge >= 0.3 is 0 Å². The van der Waals surface area contributed by atoms with Crippen molar-refractivity contribution in [3.8, 4) is 6.07 Å². The first-order valence-electron chi connectivity index (χ1n) is 7.88. The third-order valence-electron chi connectivity index (χ3n) is 4.44. The lowest BCUT2D eigenvalue weighted by Crippen LogP contribution is -2.52. The zero-order chi connectivity index (χ0) is 15.4. The normalized spacial score (nSPS) is 22.2. The Hall–Kier alpha value is -2.13. The Bertz CT molecular complexity index is 551. The molecule has 0 bridgehead atoms. The number of piperidine rings is 1. The molecule has 2 fully saturated rings. The van der Waals surface area contributed by atoms with Crippen LogP contribution in [0.2, 0.25) is 0 Å². The van der Waals surface area contributed by atoms with Gasteiger partial charge in [-0.15, -0.1) is 0 Å². The molecule has 0 aromatic carbocycles. The maximum absolute atomic E-state index is 12.5. The summed E-state index contributed by atoms with van der Waals surface area (Å²) in [4.78, 5) is 21.0. The molecule has 6 heteroatoms. The third kappa shape index (κ3) is 3.20. The Balaban J connectivity index is 1.55. The van der Waals surface area contributed by atoms with Gasteiger partial charge in [-0.05, 0) is 31.5 Å². The van der Waals surface area contributed by atoms with E-state index < -0.39 is 0 Å². The molecule has 3 rings (SSSR count). The predicted octanol–water partition coefficient (Wildman–Crippen LogP) is 0.601.